The highest BCUT2D eigenvalue weighted by Crippen LogP contribution is 2.11. The van der Waals surface area contributed by atoms with Crippen molar-refractivity contribution in [2.75, 3.05) is 26.2 Å². The first-order valence-corrected chi connectivity index (χ1v) is 7.91. The molecule has 1 heterocycles. The lowest BCUT2D eigenvalue weighted by Gasteiger charge is -2.35. The number of aliphatic hydroxyl groups excluding tert-OH is 1. The lowest BCUT2D eigenvalue weighted by molar-refractivity contribution is 0.114. The molecule has 0 aromatic rings. The standard InChI is InChI=1S/C15H31N3O2/c1-5-8-17-9-6-14(7-10-17)16-15(20)18(12(2)3)11-13(4)19/h12-14,19H,5-11H2,1-4H3,(H,16,20). The van der Waals surface area contributed by atoms with Gasteiger partial charge in [0.25, 0.3) is 0 Å². The normalized spacial score (nSPS) is 19.1. The summed E-state index contributed by atoms with van der Waals surface area (Å²) in [5, 5.41) is 12.6. The monoisotopic (exact) mass is 285 g/mol. The topological polar surface area (TPSA) is 55.8 Å². The number of amides is 2. The van der Waals surface area contributed by atoms with Gasteiger partial charge in [-0.15, -0.1) is 0 Å². The number of aliphatic hydroxyl groups is 1. The Labute approximate surface area is 123 Å². The van der Waals surface area contributed by atoms with E-state index in [1.165, 1.54) is 6.42 Å². The minimum atomic E-state index is -0.491. The van der Waals surface area contributed by atoms with E-state index in [0.717, 1.165) is 32.5 Å². The molecule has 1 saturated heterocycles. The van der Waals surface area contributed by atoms with Gasteiger partial charge in [-0.05, 0) is 46.6 Å². The average Bonchev–Trinajstić information content (AvgIpc) is 2.38. The summed E-state index contributed by atoms with van der Waals surface area (Å²) in [4.78, 5) is 16.5. The van der Waals surface area contributed by atoms with E-state index >= 15 is 0 Å². The van der Waals surface area contributed by atoms with Crippen LogP contribution in [0.25, 0.3) is 0 Å². The summed E-state index contributed by atoms with van der Waals surface area (Å²) in [6.07, 6.45) is 2.74. The van der Waals surface area contributed by atoms with E-state index in [4.69, 9.17) is 0 Å². The number of hydrogen-bond acceptors (Lipinski definition) is 3. The molecule has 1 aliphatic heterocycles. The van der Waals surface area contributed by atoms with Crippen LogP contribution >= 0.6 is 0 Å². The number of rotatable bonds is 6. The zero-order valence-electron chi connectivity index (χ0n) is 13.4. The molecular weight excluding hydrogens is 254 g/mol. The van der Waals surface area contributed by atoms with E-state index in [1.54, 1.807) is 11.8 Å². The van der Waals surface area contributed by atoms with Gasteiger partial charge in [0, 0.05) is 31.7 Å². The highest BCUT2D eigenvalue weighted by atomic mass is 16.3. The largest absolute Gasteiger partial charge is 0.392 e. The van der Waals surface area contributed by atoms with Gasteiger partial charge in [0.15, 0.2) is 0 Å². The Balaban J connectivity index is 2.41. The average molecular weight is 285 g/mol. The number of carbonyl (C=O) groups excluding carboxylic acids is 1. The molecule has 0 bridgehead atoms. The summed E-state index contributed by atoms with van der Waals surface area (Å²) in [6.45, 7) is 11.5. The molecule has 0 spiro atoms. The molecule has 1 aliphatic rings. The van der Waals surface area contributed by atoms with Crippen LogP contribution in [0, 0.1) is 0 Å². The summed E-state index contributed by atoms with van der Waals surface area (Å²) in [5.41, 5.74) is 0. The third kappa shape index (κ3) is 5.67. The van der Waals surface area contributed by atoms with Gasteiger partial charge in [0.2, 0.25) is 0 Å². The van der Waals surface area contributed by atoms with E-state index in [-0.39, 0.29) is 18.1 Å². The lowest BCUT2D eigenvalue weighted by atomic mass is 10.1. The van der Waals surface area contributed by atoms with Gasteiger partial charge in [-0.25, -0.2) is 4.79 Å². The molecule has 0 radical (unpaired) electrons. The maximum absolute atomic E-state index is 12.3. The van der Waals surface area contributed by atoms with Crippen molar-refractivity contribution >= 4 is 6.03 Å². The van der Waals surface area contributed by atoms with Crippen LogP contribution in [0.15, 0.2) is 0 Å². The van der Waals surface area contributed by atoms with Crippen molar-refractivity contribution in [2.24, 2.45) is 0 Å². The quantitative estimate of drug-likeness (QED) is 0.780. The molecule has 1 fully saturated rings. The van der Waals surface area contributed by atoms with E-state index in [0.29, 0.717) is 6.54 Å². The number of likely N-dealkylation sites (tertiary alicyclic amines) is 1. The number of carbonyl (C=O) groups is 1. The predicted octanol–water partition coefficient (Wildman–Crippen LogP) is 1.66. The first-order chi connectivity index (χ1) is 9.43. The van der Waals surface area contributed by atoms with Gasteiger partial charge >= 0.3 is 6.03 Å². The molecule has 1 unspecified atom stereocenters. The SMILES string of the molecule is CCCN1CCC(NC(=O)N(CC(C)O)C(C)C)CC1. The Hall–Kier alpha value is -0.810. The molecule has 2 amide bonds. The maximum Gasteiger partial charge on any atom is 0.317 e. The molecule has 1 rings (SSSR count). The number of nitrogens with one attached hydrogen (secondary N) is 1. The maximum atomic E-state index is 12.3. The van der Waals surface area contributed by atoms with Crippen LogP contribution in [0.2, 0.25) is 0 Å². The Morgan fingerprint density at radius 3 is 2.40 bits per heavy atom. The molecule has 20 heavy (non-hydrogen) atoms. The fourth-order valence-corrected chi connectivity index (χ4v) is 2.69. The smallest absolute Gasteiger partial charge is 0.317 e. The molecule has 2 N–H and O–H groups in total. The molecule has 5 nitrogen and oxygen atoms in total. The van der Waals surface area contributed by atoms with Crippen molar-refractivity contribution < 1.29 is 9.90 Å². The summed E-state index contributed by atoms with van der Waals surface area (Å²) < 4.78 is 0. The van der Waals surface area contributed by atoms with Crippen molar-refractivity contribution in [1.29, 1.82) is 0 Å². The van der Waals surface area contributed by atoms with Crippen molar-refractivity contribution in [1.82, 2.24) is 15.1 Å². The van der Waals surface area contributed by atoms with Gasteiger partial charge in [-0.1, -0.05) is 6.92 Å². The third-order valence-electron chi connectivity index (χ3n) is 3.80. The second kappa shape index (κ2) is 8.47. The summed E-state index contributed by atoms with van der Waals surface area (Å²) >= 11 is 0. The van der Waals surface area contributed by atoms with Gasteiger partial charge in [-0.2, -0.15) is 0 Å². The fourth-order valence-electron chi connectivity index (χ4n) is 2.69. The summed E-state index contributed by atoms with van der Waals surface area (Å²) in [7, 11) is 0. The summed E-state index contributed by atoms with van der Waals surface area (Å²) in [6, 6.07) is 0.325. The van der Waals surface area contributed by atoms with Crippen LogP contribution < -0.4 is 5.32 Å². The zero-order valence-corrected chi connectivity index (χ0v) is 13.4. The molecular formula is C15H31N3O2. The Bertz CT molecular complexity index is 287. The molecule has 1 atom stereocenters. The van der Waals surface area contributed by atoms with Crippen LogP contribution in [0.4, 0.5) is 4.79 Å². The molecule has 5 heteroatoms. The van der Waals surface area contributed by atoms with Gasteiger partial charge in [0.05, 0.1) is 6.10 Å². The van der Waals surface area contributed by atoms with Crippen molar-refractivity contribution in [2.45, 2.75) is 65.1 Å². The van der Waals surface area contributed by atoms with Crippen molar-refractivity contribution in [3.63, 3.8) is 0 Å². The van der Waals surface area contributed by atoms with Crippen molar-refractivity contribution in [3.05, 3.63) is 0 Å². The second-order valence-electron chi connectivity index (χ2n) is 6.16. The Morgan fingerprint density at radius 1 is 1.35 bits per heavy atom. The molecule has 0 aromatic carbocycles. The molecule has 0 aromatic heterocycles. The number of hydrogen-bond donors (Lipinski definition) is 2. The highest BCUT2D eigenvalue weighted by molar-refractivity contribution is 5.74. The first-order valence-electron chi connectivity index (χ1n) is 7.91. The van der Waals surface area contributed by atoms with Crippen LogP contribution in [0.1, 0.15) is 47.0 Å². The first kappa shape index (κ1) is 17.2. The molecule has 118 valence electrons. The fraction of sp³-hybridized carbons (Fsp3) is 0.933. The van der Waals surface area contributed by atoms with Crippen molar-refractivity contribution in [3.8, 4) is 0 Å². The highest BCUT2D eigenvalue weighted by Gasteiger charge is 2.24. The third-order valence-corrected chi connectivity index (χ3v) is 3.80. The number of nitrogens with zero attached hydrogens (tertiary/aromatic N) is 2. The van der Waals surface area contributed by atoms with Crippen LogP contribution in [-0.2, 0) is 0 Å². The minimum absolute atomic E-state index is 0.0464. The van der Waals surface area contributed by atoms with Crippen LogP contribution in [0.5, 0.6) is 0 Å². The number of piperidine rings is 1. The van der Waals surface area contributed by atoms with E-state index in [2.05, 4.69) is 17.1 Å². The second-order valence-corrected chi connectivity index (χ2v) is 6.16. The minimum Gasteiger partial charge on any atom is -0.392 e. The van der Waals surface area contributed by atoms with E-state index < -0.39 is 6.10 Å². The molecule has 0 aliphatic carbocycles. The van der Waals surface area contributed by atoms with Gasteiger partial charge in [-0.3, -0.25) is 0 Å². The van der Waals surface area contributed by atoms with Gasteiger partial charge < -0.3 is 20.2 Å². The van der Waals surface area contributed by atoms with E-state index in [1.807, 2.05) is 13.8 Å². The Kier molecular flexibility index (Phi) is 7.30. The summed E-state index contributed by atoms with van der Waals surface area (Å²) in [5.74, 6) is 0. The van der Waals surface area contributed by atoms with Gasteiger partial charge in [0.1, 0.15) is 0 Å². The van der Waals surface area contributed by atoms with E-state index in [9.17, 15) is 9.90 Å². The molecule has 0 saturated carbocycles. The predicted molar refractivity (Wildman–Crippen MR) is 81.8 cm³/mol. The van der Waals surface area contributed by atoms with Crippen LogP contribution in [-0.4, -0.2) is 65.3 Å². The lowest BCUT2D eigenvalue weighted by Crippen LogP contribution is -2.52. The number of urea groups is 1. The Morgan fingerprint density at radius 2 is 1.95 bits per heavy atom. The van der Waals surface area contributed by atoms with Crippen LogP contribution in [0.3, 0.4) is 0 Å². The zero-order chi connectivity index (χ0) is 15.1.